The van der Waals surface area contributed by atoms with Crippen LogP contribution in [-0.4, -0.2) is 39.9 Å². The molecule has 4 rings (SSSR count). The Hall–Kier alpha value is -3.46. The molecule has 9 heteroatoms. The number of aromatic nitrogens is 4. The van der Waals surface area contributed by atoms with Gasteiger partial charge in [-0.05, 0) is 42.5 Å². The van der Waals surface area contributed by atoms with E-state index >= 15 is 0 Å². The molecular formula is C20H19N5O3S. The van der Waals surface area contributed by atoms with Gasteiger partial charge in [0.05, 0.1) is 16.7 Å². The quantitative estimate of drug-likeness (QED) is 0.527. The molecule has 29 heavy (non-hydrogen) atoms. The number of hydrogen-bond acceptors (Lipinski definition) is 5. The van der Waals surface area contributed by atoms with Gasteiger partial charge in [0.1, 0.15) is 18.1 Å². The highest BCUT2D eigenvalue weighted by Gasteiger charge is 2.17. The third kappa shape index (κ3) is 4.35. The molecule has 2 aromatic carbocycles. The predicted octanol–water partition coefficient (Wildman–Crippen LogP) is 2.41. The number of hydrogen-bond donors (Lipinski definition) is 1. The second-order valence-corrected chi connectivity index (χ2v) is 8.86. The molecule has 0 bridgehead atoms. The molecule has 4 aromatic rings. The average molecular weight is 409 g/mol. The first kappa shape index (κ1) is 18.9. The van der Waals surface area contributed by atoms with Crippen LogP contribution in [0.25, 0.3) is 16.7 Å². The smallest absolute Gasteiger partial charge is 0.244 e. The molecule has 0 atom stereocenters. The summed E-state index contributed by atoms with van der Waals surface area (Å²) < 4.78 is 26.9. The Morgan fingerprint density at radius 3 is 2.52 bits per heavy atom. The van der Waals surface area contributed by atoms with E-state index in [2.05, 4.69) is 15.4 Å². The zero-order valence-electron chi connectivity index (χ0n) is 15.7. The fourth-order valence-corrected chi connectivity index (χ4v) is 3.80. The number of amides is 1. The van der Waals surface area contributed by atoms with Crippen molar-refractivity contribution in [2.45, 2.75) is 12.3 Å². The maximum atomic E-state index is 12.6. The van der Waals surface area contributed by atoms with Gasteiger partial charge in [0.15, 0.2) is 9.84 Å². The molecule has 148 valence electrons. The number of sulfone groups is 1. The average Bonchev–Trinajstić information content (AvgIpc) is 3.30. The fraction of sp³-hybridized carbons (Fsp3) is 0.150. The molecule has 0 saturated carbocycles. The SMILES string of the molecule is CS(=O)(=O)Cc1nc2ccccc2n1CC(=O)Nc1ccc(-n2cccn2)cc1. The molecule has 0 aliphatic heterocycles. The Balaban J connectivity index is 1.55. The van der Waals surface area contributed by atoms with Crippen molar-refractivity contribution in [2.75, 3.05) is 11.6 Å². The third-order valence-corrected chi connectivity index (χ3v) is 5.13. The molecule has 0 saturated heterocycles. The maximum Gasteiger partial charge on any atom is 0.244 e. The first-order valence-electron chi connectivity index (χ1n) is 8.91. The topological polar surface area (TPSA) is 98.9 Å². The van der Waals surface area contributed by atoms with Crippen molar-refractivity contribution in [3.63, 3.8) is 0 Å². The second-order valence-electron chi connectivity index (χ2n) is 6.72. The summed E-state index contributed by atoms with van der Waals surface area (Å²) in [6.45, 7) is -0.0354. The van der Waals surface area contributed by atoms with Crippen LogP contribution in [0.5, 0.6) is 0 Å². The van der Waals surface area contributed by atoms with E-state index < -0.39 is 9.84 Å². The standard InChI is InChI=1S/C20H19N5O3S/c1-29(27,28)14-19-23-17-5-2-3-6-18(17)24(19)13-20(26)22-15-7-9-16(10-8-15)25-12-4-11-21-25/h2-12H,13-14H2,1H3,(H,22,26). The molecule has 0 aliphatic carbocycles. The summed E-state index contributed by atoms with van der Waals surface area (Å²) in [4.78, 5) is 17.0. The van der Waals surface area contributed by atoms with Gasteiger partial charge in [-0.1, -0.05) is 12.1 Å². The minimum absolute atomic E-state index is 0.0354. The Morgan fingerprint density at radius 1 is 1.07 bits per heavy atom. The molecule has 0 fully saturated rings. The second kappa shape index (κ2) is 7.51. The number of imidazole rings is 1. The third-order valence-electron chi connectivity index (χ3n) is 4.35. The molecule has 2 heterocycles. The summed E-state index contributed by atoms with van der Waals surface area (Å²) in [6, 6.07) is 16.4. The van der Waals surface area contributed by atoms with E-state index in [1.807, 2.05) is 42.6 Å². The molecule has 0 aliphatic rings. The highest BCUT2D eigenvalue weighted by molar-refractivity contribution is 7.89. The summed E-state index contributed by atoms with van der Waals surface area (Å²) in [5.41, 5.74) is 2.89. The largest absolute Gasteiger partial charge is 0.325 e. The van der Waals surface area contributed by atoms with Crippen LogP contribution < -0.4 is 5.32 Å². The number of benzene rings is 2. The summed E-state index contributed by atoms with van der Waals surface area (Å²) in [5.74, 6) is -0.152. The van der Waals surface area contributed by atoms with Gasteiger partial charge in [-0.2, -0.15) is 5.10 Å². The van der Waals surface area contributed by atoms with Crippen LogP contribution in [-0.2, 0) is 26.9 Å². The highest BCUT2D eigenvalue weighted by atomic mass is 32.2. The van der Waals surface area contributed by atoms with Gasteiger partial charge in [0.25, 0.3) is 0 Å². The van der Waals surface area contributed by atoms with Gasteiger partial charge < -0.3 is 9.88 Å². The van der Waals surface area contributed by atoms with Crippen molar-refractivity contribution in [3.05, 3.63) is 72.8 Å². The minimum atomic E-state index is -3.29. The monoisotopic (exact) mass is 409 g/mol. The van der Waals surface area contributed by atoms with Gasteiger partial charge in [0, 0.05) is 24.3 Å². The van der Waals surface area contributed by atoms with Gasteiger partial charge in [-0.3, -0.25) is 4.79 Å². The van der Waals surface area contributed by atoms with E-state index in [1.165, 1.54) is 0 Å². The lowest BCUT2D eigenvalue weighted by atomic mass is 10.2. The lowest BCUT2D eigenvalue weighted by Gasteiger charge is -2.10. The molecule has 2 aromatic heterocycles. The van der Waals surface area contributed by atoms with Crippen molar-refractivity contribution in [3.8, 4) is 5.69 Å². The van der Waals surface area contributed by atoms with Crippen LogP contribution in [0.1, 0.15) is 5.82 Å². The van der Waals surface area contributed by atoms with Crippen molar-refractivity contribution in [1.29, 1.82) is 0 Å². The summed E-state index contributed by atoms with van der Waals surface area (Å²) >= 11 is 0. The molecule has 8 nitrogen and oxygen atoms in total. The molecule has 1 N–H and O–H groups in total. The van der Waals surface area contributed by atoms with Crippen molar-refractivity contribution >= 4 is 32.5 Å². The molecule has 0 radical (unpaired) electrons. The van der Waals surface area contributed by atoms with E-state index in [-0.39, 0.29) is 18.2 Å². The number of nitrogens with one attached hydrogen (secondary N) is 1. The summed E-state index contributed by atoms with van der Waals surface area (Å²) in [5, 5.41) is 7.01. The van der Waals surface area contributed by atoms with Crippen LogP contribution in [0, 0.1) is 0 Å². The number of fused-ring (bicyclic) bond motifs is 1. The zero-order chi connectivity index (χ0) is 20.4. The molecular weight excluding hydrogens is 390 g/mol. The van der Waals surface area contributed by atoms with Crippen LogP contribution in [0.2, 0.25) is 0 Å². The van der Waals surface area contributed by atoms with E-state index in [4.69, 9.17) is 0 Å². The van der Waals surface area contributed by atoms with E-state index in [1.54, 1.807) is 33.6 Å². The number of para-hydroxylation sites is 2. The van der Waals surface area contributed by atoms with E-state index in [0.29, 0.717) is 17.0 Å². The van der Waals surface area contributed by atoms with Crippen molar-refractivity contribution < 1.29 is 13.2 Å². The summed E-state index contributed by atoms with van der Waals surface area (Å²) in [6.07, 6.45) is 4.68. The number of carbonyl (C=O) groups is 1. The van der Waals surface area contributed by atoms with Crippen molar-refractivity contribution in [2.24, 2.45) is 0 Å². The maximum absolute atomic E-state index is 12.6. The van der Waals surface area contributed by atoms with Gasteiger partial charge >= 0.3 is 0 Å². The minimum Gasteiger partial charge on any atom is -0.325 e. The Morgan fingerprint density at radius 2 is 1.83 bits per heavy atom. The fourth-order valence-electron chi connectivity index (χ4n) is 3.11. The molecule has 0 spiro atoms. The van der Waals surface area contributed by atoms with Gasteiger partial charge in [-0.15, -0.1) is 0 Å². The van der Waals surface area contributed by atoms with Crippen LogP contribution in [0.4, 0.5) is 5.69 Å². The molecule has 0 unspecified atom stereocenters. The first-order chi connectivity index (χ1) is 13.9. The van der Waals surface area contributed by atoms with Gasteiger partial charge in [0.2, 0.25) is 5.91 Å². The number of rotatable bonds is 6. The van der Waals surface area contributed by atoms with Crippen LogP contribution in [0.3, 0.4) is 0 Å². The number of carbonyl (C=O) groups excluding carboxylic acids is 1. The highest BCUT2D eigenvalue weighted by Crippen LogP contribution is 2.18. The Labute approximate surface area is 167 Å². The van der Waals surface area contributed by atoms with Crippen LogP contribution in [0.15, 0.2) is 67.0 Å². The Bertz CT molecular complexity index is 1260. The zero-order valence-corrected chi connectivity index (χ0v) is 16.5. The van der Waals surface area contributed by atoms with E-state index in [9.17, 15) is 13.2 Å². The first-order valence-corrected chi connectivity index (χ1v) is 11.0. The predicted molar refractivity (Wildman–Crippen MR) is 110 cm³/mol. The van der Waals surface area contributed by atoms with Crippen molar-refractivity contribution in [1.82, 2.24) is 19.3 Å². The Kier molecular flexibility index (Phi) is 4.89. The van der Waals surface area contributed by atoms with Crippen LogP contribution >= 0.6 is 0 Å². The lowest BCUT2D eigenvalue weighted by Crippen LogP contribution is -2.21. The van der Waals surface area contributed by atoms with Gasteiger partial charge in [-0.25, -0.2) is 18.1 Å². The normalized spacial score (nSPS) is 11.6. The number of nitrogens with zero attached hydrogens (tertiary/aromatic N) is 4. The molecule has 1 amide bonds. The lowest BCUT2D eigenvalue weighted by molar-refractivity contribution is -0.116. The number of anilines is 1. The van der Waals surface area contributed by atoms with E-state index in [0.717, 1.165) is 17.5 Å². The summed E-state index contributed by atoms with van der Waals surface area (Å²) in [7, 11) is -3.29.